The Morgan fingerprint density at radius 3 is 2.71 bits per heavy atom. The summed E-state index contributed by atoms with van der Waals surface area (Å²) in [4.78, 5) is 12.5. The molecule has 2 saturated heterocycles. The Morgan fingerprint density at radius 1 is 1.33 bits per heavy atom. The largest absolute Gasteiger partial charge is 0.317 e. The van der Waals surface area contributed by atoms with E-state index < -0.39 is 10.0 Å². The second-order valence-electron chi connectivity index (χ2n) is 7.17. The van der Waals surface area contributed by atoms with E-state index in [1.807, 2.05) is 0 Å². The molecule has 3 rings (SSSR count). The topological polar surface area (TPSA) is 66.5 Å². The van der Waals surface area contributed by atoms with Gasteiger partial charge >= 0.3 is 0 Å². The molecule has 0 aromatic rings. The normalized spacial score (nSPS) is 33.0. The predicted octanol–water partition coefficient (Wildman–Crippen LogP) is 1.01. The number of ketones is 1. The fraction of sp³-hybridized carbons (Fsp3) is 0.933. The van der Waals surface area contributed by atoms with Crippen LogP contribution in [0.1, 0.15) is 38.5 Å². The lowest BCUT2D eigenvalue weighted by Gasteiger charge is -2.31. The summed E-state index contributed by atoms with van der Waals surface area (Å²) in [7, 11) is -3.11. The van der Waals surface area contributed by atoms with E-state index in [4.69, 9.17) is 0 Å². The number of hydrogen-bond acceptors (Lipinski definition) is 4. The van der Waals surface area contributed by atoms with Crippen molar-refractivity contribution in [2.75, 3.05) is 32.4 Å². The average molecular weight is 314 g/mol. The van der Waals surface area contributed by atoms with Crippen LogP contribution < -0.4 is 5.32 Å². The summed E-state index contributed by atoms with van der Waals surface area (Å²) in [5, 5.41) is 3.36. The van der Waals surface area contributed by atoms with E-state index in [2.05, 4.69) is 5.32 Å². The number of sulfonamides is 1. The monoisotopic (exact) mass is 314 g/mol. The van der Waals surface area contributed by atoms with Gasteiger partial charge in [-0.3, -0.25) is 4.79 Å². The van der Waals surface area contributed by atoms with E-state index in [0.29, 0.717) is 30.7 Å². The highest BCUT2D eigenvalue weighted by Gasteiger charge is 2.57. The van der Waals surface area contributed by atoms with Crippen molar-refractivity contribution in [2.45, 2.75) is 38.5 Å². The molecule has 2 heterocycles. The summed E-state index contributed by atoms with van der Waals surface area (Å²) in [6, 6.07) is 0. The van der Waals surface area contributed by atoms with E-state index in [-0.39, 0.29) is 11.8 Å². The van der Waals surface area contributed by atoms with Crippen molar-refractivity contribution >= 4 is 15.8 Å². The van der Waals surface area contributed by atoms with Crippen LogP contribution in [0.5, 0.6) is 0 Å². The molecule has 1 N–H and O–H groups in total. The van der Waals surface area contributed by atoms with Gasteiger partial charge in [0.05, 0.1) is 6.26 Å². The van der Waals surface area contributed by atoms with Crippen LogP contribution in [0.15, 0.2) is 0 Å². The third-order valence-electron chi connectivity index (χ3n) is 5.62. The Hall–Kier alpha value is -0.460. The SMILES string of the molecule is CS(=O)(=O)N1CCCC(CC(=O)C2CC23CCNCC3)C1. The second kappa shape index (κ2) is 5.63. The van der Waals surface area contributed by atoms with Crippen LogP contribution in [-0.4, -0.2) is 50.9 Å². The van der Waals surface area contributed by atoms with E-state index in [1.165, 1.54) is 6.26 Å². The summed E-state index contributed by atoms with van der Waals surface area (Å²) in [5.41, 5.74) is 0.299. The fourth-order valence-corrected chi connectivity index (χ4v) is 5.14. The van der Waals surface area contributed by atoms with Gasteiger partial charge in [-0.1, -0.05) is 0 Å². The minimum Gasteiger partial charge on any atom is -0.317 e. The summed E-state index contributed by atoms with van der Waals surface area (Å²) in [5.74, 6) is 0.866. The first-order valence-electron chi connectivity index (χ1n) is 8.09. The van der Waals surface area contributed by atoms with Crippen LogP contribution in [0, 0.1) is 17.3 Å². The zero-order chi connectivity index (χ0) is 15.1. The Kier molecular flexibility index (Phi) is 4.14. The zero-order valence-electron chi connectivity index (χ0n) is 12.8. The minimum absolute atomic E-state index is 0.223. The molecule has 2 aliphatic heterocycles. The van der Waals surface area contributed by atoms with Crippen molar-refractivity contribution in [3.8, 4) is 0 Å². The molecule has 0 aromatic carbocycles. The quantitative estimate of drug-likeness (QED) is 0.841. The van der Waals surface area contributed by atoms with Gasteiger partial charge in [0.2, 0.25) is 10.0 Å². The number of hydrogen-bond donors (Lipinski definition) is 1. The van der Waals surface area contributed by atoms with Gasteiger partial charge < -0.3 is 5.32 Å². The molecule has 21 heavy (non-hydrogen) atoms. The Labute approximate surface area is 127 Å². The fourth-order valence-electron chi connectivity index (χ4n) is 4.20. The van der Waals surface area contributed by atoms with E-state index in [0.717, 1.165) is 45.2 Å². The third-order valence-corrected chi connectivity index (χ3v) is 6.89. The first-order valence-corrected chi connectivity index (χ1v) is 9.94. The van der Waals surface area contributed by atoms with Crippen molar-refractivity contribution in [3.63, 3.8) is 0 Å². The van der Waals surface area contributed by atoms with Crippen LogP contribution in [0.4, 0.5) is 0 Å². The predicted molar refractivity (Wildman–Crippen MR) is 81.4 cm³/mol. The van der Waals surface area contributed by atoms with Gasteiger partial charge in [-0.25, -0.2) is 12.7 Å². The van der Waals surface area contributed by atoms with Crippen molar-refractivity contribution in [2.24, 2.45) is 17.3 Å². The molecule has 1 saturated carbocycles. The number of nitrogens with zero attached hydrogens (tertiary/aromatic N) is 1. The highest BCUT2D eigenvalue weighted by Crippen LogP contribution is 2.59. The molecule has 2 unspecified atom stereocenters. The molecule has 3 fully saturated rings. The first-order chi connectivity index (χ1) is 9.91. The standard InChI is InChI=1S/C15H26N2O3S/c1-21(19,20)17-8-2-3-12(11-17)9-14(18)13-10-15(13)4-6-16-7-5-15/h12-13,16H,2-11H2,1H3. The number of carbonyl (C=O) groups is 1. The van der Waals surface area contributed by atoms with Gasteiger partial charge in [0.1, 0.15) is 5.78 Å². The lowest BCUT2D eigenvalue weighted by Crippen LogP contribution is -2.40. The zero-order valence-corrected chi connectivity index (χ0v) is 13.6. The number of rotatable bonds is 4. The molecule has 3 aliphatic rings. The smallest absolute Gasteiger partial charge is 0.211 e. The number of Topliss-reactive ketones (excluding diaryl/α,β-unsaturated/α-hetero) is 1. The van der Waals surface area contributed by atoms with Crippen LogP contribution in [0.3, 0.4) is 0 Å². The van der Waals surface area contributed by atoms with Gasteiger partial charge in [0.15, 0.2) is 0 Å². The molecule has 0 bridgehead atoms. The minimum atomic E-state index is -3.11. The summed E-state index contributed by atoms with van der Waals surface area (Å²) in [6.45, 7) is 3.22. The van der Waals surface area contributed by atoms with Crippen LogP contribution in [-0.2, 0) is 14.8 Å². The van der Waals surface area contributed by atoms with Crippen molar-refractivity contribution in [3.05, 3.63) is 0 Å². The molecule has 120 valence electrons. The lowest BCUT2D eigenvalue weighted by atomic mass is 9.87. The molecule has 1 aliphatic carbocycles. The van der Waals surface area contributed by atoms with Crippen molar-refractivity contribution in [1.29, 1.82) is 0 Å². The van der Waals surface area contributed by atoms with Gasteiger partial charge in [-0.05, 0) is 56.5 Å². The van der Waals surface area contributed by atoms with Crippen LogP contribution >= 0.6 is 0 Å². The Bertz CT molecular complexity index is 511. The number of carbonyl (C=O) groups excluding carboxylic acids is 1. The molecule has 0 amide bonds. The van der Waals surface area contributed by atoms with Crippen LogP contribution in [0.2, 0.25) is 0 Å². The molecule has 0 radical (unpaired) electrons. The summed E-state index contributed by atoms with van der Waals surface area (Å²) in [6.07, 6.45) is 7.03. The van der Waals surface area contributed by atoms with Gasteiger partial charge in [-0.15, -0.1) is 0 Å². The maximum Gasteiger partial charge on any atom is 0.211 e. The molecular formula is C15H26N2O3S. The highest BCUT2D eigenvalue weighted by atomic mass is 32.2. The Morgan fingerprint density at radius 2 is 2.05 bits per heavy atom. The summed E-state index contributed by atoms with van der Waals surface area (Å²) < 4.78 is 24.8. The molecule has 0 aromatic heterocycles. The van der Waals surface area contributed by atoms with E-state index >= 15 is 0 Å². The van der Waals surface area contributed by atoms with Gasteiger partial charge in [-0.2, -0.15) is 0 Å². The summed E-state index contributed by atoms with van der Waals surface area (Å²) >= 11 is 0. The maximum absolute atomic E-state index is 12.5. The first kappa shape index (κ1) is 15.4. The maximum atomic E-state index is 12.5. The molecular weight excluding hydrogens is 288 g/mol. The number of piperidine rings is 2. The molecule has 5 nitrogen and oxygen atoms in total. The van der Waals surface area contributed by atoms with Crippen molar-refractivity contribution in [1.82, 2.24) is 9.62 Å². The lowest BCUT2D eigenvalue weighted by molar-refractivity contribution is -0.122. The second-order valence-corrected chi connectivity index (χ2v) is 9.15. The van der Waals surface area contributed by atoms with Crippen molar-refractivity contribution < 1.29 is 13.2 Å². The number of nitrogens with one attached hydrogen (secondary N) is 1. The van der Waals surface area contributed by atoms with Gasteiger partial charge in [0, 0.05) is 25.4 Å². The van der Waals surface area contributed by atoms with E-state index in [1.54, 1.807) is 4.31 Å². The van der Waals surface area contributed by atoms with E-state index in [9.17, 15) is 13.2 Å². The van der Waals surface area contributed by atoms with Gasteiger partial charge in [0.25, 0.3) is 0 Å². The molecule has 6 heteroatoms. The highest BCUT2D eigenvalue weighted by molar-refractivity contribution is 7.88. The van der Waals surface area contributed by atoms with Crippen LogP contribution in [0.25, 0.3) is 0 Å². The molecule has 2 atom stereocenters. The third kappa shape index (κ3) is 3.32. The Balaban J connectivity index is 1.54. The molecule has 1 spiro atoms. The average Bonchev–Trinajstić information content (AvgIpc) is 3.12.